The molecule has 7 heteroatoms. The molecule has 3 N–H and O–H groups in total. The van der Waals surface area contributed by atoms with Crippen LogP contribution in [0.2, 0.25) is 0 Å². The molecule has 0 aliphatic carbocycles. The molecule has 1 atom stereocenters. The van der Waals surface area contributed by atoms with E-state index in [0.29, 0.717) is 34.0 Å². The van der Waals surface area contributed by atoms with Crippen LogP contribution in [0.3, 0.4) is 0 Å². The number of hydrogen-bond donors (Lipinski definition) is 3. The van der Waals surface area contributed by atoms with E-state index in [1.807, 2.05) is 99.6 Å². The molecule has 4 aromatic rings. The summed E-state index contributed by atoms with van der Waals surface area (Å²) in [6.07, 6.45) is 1.54. The monoisotopic (exact) mass is 477 g/mol. The second kappa shape index (κ2) is 9.54. The maximum atomic E-state index is 13.5. The molecule has 2 heterocycles. The Hall–Kier alpha value is -4.65. The van der Waals surface area contributed by atoms with Crippen molar-refractivity contribution < 1.29 is 9.59 Å². The number of nitrogens with zero attached hydrogens (tertiary/aromatic N) is 2. The maximum absolute atomic E-state index is 13.5. The minimum absolute atomic E-state index is 0.232. The molecule has 0 bridgehead atoms. The number of benzene rings is 3. The van der Waals surface area contributed by atoms with Crippen molar-refractivity contribution in [3.05, 3.63) is 119 Å². The lowest BCUT2D eigenvalue weighted by atomic mass is 9.93. The smallest absolute Gasteiger partial charge is 0.261 e. The van der Waals surface area contributed by atoms with Crippen molar-refractivity contribution in [2.45, 2.75) is 26.8 Å². The summed E-state index contributed by atoms with van der Waals surface area (Å²) in [6, 6.07) is 24.4. The van der Waals surface area contributed by atoms with Crippen molar-refractivity contribution in [3.63, 3.8) is 0 Å². The van der Waals surface area contributed by atoms with E-state index in [0.717, 1.165) is 16.7 Å². The lowest BCUT2D eigenvalue weighted by molar-refractivity contribution is -0.113. The zero-order chi connectivity index (χ0) is 25.2. The number of para-hydroxylation sites is 1. The van der Waals surface area contributed by atoms with Gasteiger partial charge in [0, 0.05) is 17.1 Å². The molecule has 1 aliphatic rings. The predicted octanol–water partition coefficient (Wildman–Crippen LogP) is 5.68. The second-order valence-electron chi connectivity index (χ2n) is 8.98. The lowest BCUT2D eigenvalue weighted by Crippen LogP contribution is -2.32. The van der Waals surface area contributed by atoms with Crippen LogP contribution in [0.25, 0.3) is 0 Å². The molecule has 5 rings (SSSR count). The molecule has 0 fully saturated rings. The number of nitrogens with one attached hydrogen (secondary N) is 3. The molecular formula is C29H27N5O2. The zero-order valence-electron chi connectivity index (χ0n) is 20.4. The van der Waals surface area contributed by atoms with Gasteiger partial charge in [-0.05, 0) is 56.2 Å². The summed E-state index contributed by atoms with van der Waals surface area (Å²) in [5, 5.41) is 13.8. The Kier molecular flexibility index (Phi) is 6.12. The van der Waals surface area contributed by atoms with Gasteiger partial charge in [0.05, 0.1) is 11.8 Å². The molecule has 2 amide bonds. The first kappa shape index (κ1) is 23.1. The molecule has 36 heavy (non-hydrogen) atoms. The fourth-order valence-electron chi connectivity index (χ4n) is 4.50. The van der Waals surface area contributed by atoms with Crippen LogP contribution in [0.1, 0.15) is 40.0 Å². The highest BCUT2D eigenvalue weighted by molar-refractivity contribution is 6.09. The molecule has 0 radical (unpaired) electrons. The van der Waals surface area contributed by atoms with E-state index in [2.05, 4.69) is 21.0 Å². The number of amides is 2. The first-order chi connectivity index (χ1) is 17.4. The quantitative estimate of drug-likeness (QED) is 0.345. The van der Waals surface area contributed by atoms with Gasteiger partial charge >= 0.3 is 0 Å². The van der Waals surface area contributed by atoms with Crippen LogP contribution in [0.4, 0.5) is 17.2 Å². The standard InChI is InChI=1S/C29H27N5O2/c1-18-9-7-11-21(15-18)26-25(29(36)32-22-12-5-4-6-13-22)20(3)31-27-24(17-30-34(26)27)28(35)33-23-14-8-10-19(2)16-23/h4-17,26,31H,1-3H3,(H,32,36)(H,33,35)/t26-/m1/s1. The third-order valence-electron chi connectivity index (χ3n) is 6.18. The van der Waals surface area contributed by atoms with Gasteiger partial charge in [-0.1, -0.05) is 60.2 Å². The number of fused-ring (bicyclic) bond motifs is 1. The van der Waals surface area contributed by atoms with Crippen LogP contribution >= 0.6 is 0 Å². The van der Waals surface area contributed by atoms with Gasteiger partial charge in [0.25, 0.3) is 11.8 Å². The summed E-state index contributed by atoms with van der Waals surface area (Å²) in [7, 11) is 0. The van der Waals surface area contributed by atoms with Gasteiger partial charge in [-0.25, -0.2) is 4.68 Å². The molecule has 0 saturated carbocycles. The normalized spacial score (nSPS) is 14.6. The van der Waals surface area contributed by atoms with Crippen molar-refractivity contribution in [2.75, 3.05) is 16.0 Å². The summed E-state index contributed by atoms with van der Waals surface area (Å²) in [6.45, 7) is 5.83. The van der Waals surface area contributed by atoms with E-state index in [1.54, 1.807) is 10.9 Å². The lowest BCUT2D eigenvalue weighted by Gasteiger charge is -2.30. The highest BCUT2D eigenvalue weighted by Gasteiger charge is 2.35. The molecule has 7 nitrogen and oxygen atoms in total. The zero-order valence-corrected chi connectivity index (χ0v) is 20.4. The Labute approximate surface area is 209 Å². The average Bonchev–Trinajstić information content (AvgIpc) is 3.27. The van der Waals surface area contributed by atoms with Gasteiger partial charge < -0.3 is 16.0 Å². The Morgan fingerprint density at radius 2 is 1.47 bits per heavy atom. The first-order valence-electron chi connectivity index (χ1n) is 11.8. The van der Waals surface area contributed by atoms with Crippen molar-refractivity contribution in [2.24, 2.45) is 0 Å². The van der Waals surface area contributed by atoms with E-state index >= 15 is 0 Å². The molecule has 0 saturated heterocycles. The predicted molar refractivity (Wildman–Crippen MR) is 142 cm³/mol. The molecular weight excluding hydrogens is 450 g/mol. The van der Waals surface area contributed by atoms with Crippen LogP contribution < -0.4 is 16.0 Å². The third-order valence-corrected chi connectivity index (χ3v) is 6.18. The van der Waals surface area contributed by atoms with Gasteiger partial charge in [-0.2, -0.15) is 5.10 Å². The topological polar surface area (TPSA) is 88.0 Å². The molecule has 3 aromatic carbocycles. The largest absolute Gasteiger partial charge is 0.343 e. The Morgan fingerprint density at radius 3 is 2.19 bits per heavy atom. The molecule has 180 valence electrons. The third kappa shape index (κ3) is 4.51. The number of aryl methyl sites for hydroxylation is 2. The maximum Gasteiger partial charge on any atom is 0.261 e. The van der Waals surface area contributed by atoms with E-state index in [1.165, 1.54) is 0 Å². The first-order valence-corrected chi connectivity index (χ1v) is 11.8. The highest BCUT2D eigenvalue weighted by Crippen LogP contribution is 2.38. The number of anilines is 3. The summed E-state index contributed by atoms with van der Waals surface area (Å²) in [5.41, 5.74) is 6.03. The fraction of sp³-hybridized carbons (Fsp3) is 0.138. The van der Waals surface area contributed by atoms with Gasteiger partial charge in [0.1, 0.15) is 17.4 Å². The Bertz CT molecular complexity index is 1490. The van der Waals surface area contributed by atoms with Crippen molar-refractivity contribution >= 4 is 29.0 Å². The number of rotatable bonds is 5. The van der Waals surface area contributed by atoms with Crippen molar-refractivity contribution in [3.8, 4) is 0 Å². The number of allylic oxidation sites excluding steroid dienone is 1. The summed E-state index contributed by atoms with van der Waals surface area (Å²) < 4.78 is 1.72. The minimum atomic E-state index is -0.509. The van der Waals surface area contributed by atoms with Gasteiger partial charge in [0.2, 0.25) is 0 Å². The fourth-order valence-corrected chi connectivity index (χ4v) is 4.50. The Balaban J connectivity index is 1.55. The van der Waals surface area contributed by atoms with Crippen molar-refractivity contribution in [1.82, 2.24) is 9.78 Å². The second-order valence-corrected chi connectivity index (χ2v) is 8.98. The van der Waals surface area contributed by atoms with Crippen LogP contribution in [0.15, 0.2) is 96.3 Å². The summed E-state index contributed by atoms with van der Waals surface area (Å²) in [5.74, 6) is 0.0346. The van der Waals surface area contributed by atoms with E-state index in [-0.39, 0.29) is 11.8 Å². The summed E-state index contributed by atoms with van der Waals surface area (Å²) in [4.78, 5) is 26.8. The van der Waals surface area contributed by atoms with Gasteiger partial charge in [-0.15, -0.1) is 0 Å². The van der Waals surface area contributed by atoms with Crippen LogP contribution in [-0.2, 0) is 4.79 Å². The SMILES string of the molecule is CC1=C(C(=O)Nc2ccccc2)[C@@H](c2cccc(C)c2)n2ncc(C(=O)Nc3cccc(C)c3)c2N1. The van der Waals surface area contributed by atoms with E-state index < -0.39 is 6.04 Å². The number of hydrogen-bond acceptors (Lipinski definition) is 4. The molecule has 0 unspecified atom stereocenters. The number of carbonyl (C=O) groups excluding carboxylic acids is 2. The molecule has 1 aromatic heterocycles. The van der Waals surface area contributed by atoms with Crippen LogP contribution in [0, 0.1) is 13.8 Å². The van der Waals surface area contributed by atoms with E-state index in [9.17, 15) is 9.59 Å². The highest BCUT2D eigenvalue weighted by atomic mass is 16.2. The van der Waals surface area contributed by atoms with E-state index in [4.69, 9.17) is 0 Å². The summed E-state index contributed by atoms with van der Waals surface area (Å²) >= 11 is 0. The van der Waals surface area contributed by atoms with Gasteiger partial charge in [-0.3, -0.25) is 9.59 Å². The molecule has 0 spiro atoms. The van der Waals surface area contributed by atoms with Crippen molar-refractivity contribution in [1.29, 1.82) is 0 Å². The Morgan fingerprint density at radius 1 is 0.806 bits per heavy atom. The average molecular weight is 478 g/mol. The number of aromatic nitrogens is 2. The minimum Gasteiger partial charge on any atom is -0.343 e. The number of carbonyl (C=O) groups is 2. The molecule has 1 aliphatic heterocycles. The van der Waals surface area contributed by atoms with Crippen LogP contribution in [-0.4, -0.2) is 21.6 Å². The van der Waals surface area contributed by atoms with Gasteiger partial charge in [0.15, 0.2) is 0 Å². The van der Waals surface area contributed by atoms with Crippen LogP contribution in [0.5, 0.6) is 0 Å².